The van der Waals surface area contributed by atoms with E-state index in [9.17, 15) is 0 Å². The lowest BCUT2D eigenvalue weighted by Gasteiger charge is -1.99. The van der Waals surface area contributed by atoms with Crippen LogP contribution in [0.5, 0.6) is 0 Å². The fraction of sp³-hybridized carbons (Fsp3) is 0. The van der Waals surface area contributed by atoms with Crippen molar-refractivity contribution in [2.75, 3.05) is 0 Å². The second-order valence-corrected chi connectivity index (χ2v) is 5.49. The van der Waals surface area contributed by atoms with Crippen LogP contribution in [0.3, 0.4) is 0 Å². The van der Waals surface area contributed by atoms with E-state index in [1.165, 1.54) is 0 Å². The van der Waals surface area contributed by atoms with Crippen molar-refractivity contribution in [3.05, 3.63) is 65.1 Å². The molecule has 0 spiro atoms. The van der Waals surface area contributed by atoms with Gasteiger partial charge in [-0.3, -0.25) is 0 Å². The minimum absolute atomic E-state index is 0.656. The first-order valence-electron chi connectivity index (χ1n) is 6.36. The lowest BCUT2D eigenvalue weighted by atomic mass is 10.1. The van der Waals surface area contributed by atoms with Crippen molar-refractivity contribution in [1.82, 2.24) is 4.98 Å². The smallest absolute Gasteiger partial charge is 0.227 e. The Hall–Kier alpha value is -2.13. The third kappa shape index (κ3) is 1.74. The highest BCUT2D eigenvalue weighted by molar-refractivity contribution is 9.10. The van der Waals surface area contributed by atoms with Gasteiger partial charge in [0.15, 0.2) is 5.58 Å². The van der Waals surface area contributed by atoms with Crippen molar-refractivity contribution >= 4 is 37.8 Å². The molecule has 0 bridgehead atoms. The van der Waals surface area contributed by atoms with E-state index in [1.54, 1.807) is 0 Å². The summed E-state index contributed by atoms with van der Waals surface area (Å²) in [5, 5.41) is 2.25. The van der Waals surface area contributed by atoms with Crippen LogP contribution in [0.25, 0.3) is 33.3 Å². The summed E-state index contributed by atoms with van der Waals surface area (Å²) in [5.41, 5.74) is 2.70. The standard InChI is InChI=1S/C17H10BrNO/c18-14-10-15-16(13-9-5-4-8-12(13)14)19-17(20-15)11-6-2-1-3-7-11/h1-10H. The van der Waals surface area contributed by atoms with Crippen molar-refractivity contribution in [3.8, 4) is 11.5 Å². The molecule has 96 valence electrons. The van der Waals surface area contributed by atoms with Crippen molar-refractivity contribution in [1.29, 1.82) is 0 Å². The molecule has 4 rings (SSSR count). The summed E-state index contributed by atoms with van der Waals surface area (Å²) in [6.07, 6.45) is 0. The first-order chi connectivity index (χ1) is 9.83. The van der Waals surface area contributed by atoms with Gasteiger partial charge in [-0.05, 0) is 23.6 Å². The van der Waals surface area contributed by atoms with Crippen molar-refractivity contribution in [2.24, 2.45) is 0 Å². The van der Waals surface area contributed by atoms with Gasteiger partial charge in [-0.25, -0.2) is 4.98 Å². The summed E-state index contributed by atoms with van der Waals surface area (Å²) in [4.78, 5) is 4.66. The monoisotopic (exact) mass is 323 g/mol. The molecular weight excluding hydrogens is 314 g/mol. The number of nitrogens with zero attached hydrogens (tertiary/aromatic N) is 1. The Kier molecular flexibility index (Phi) is 2.60. The fourth-order valence-corrected chi connectivity index (χ4v) is 2.97. The number of oxazole rings is 1. The molecule has 3 heteroatoms. The van der Waals surface area contributed by atoms with Gasteiger partial charge in [-0.2, -0.15) is 0 Å². The number of rotatable bonds is 1. The molecule has 1 heterocycles. The van der Waals surface area contributed by atoms with E-state index in [0.29, 0.717) is 5.89 Å². The summed E-state index contributed by atoms with van der Waals surface area (Å²) in [7, 11) is 0. The van der Waals surface area contributed by atoms with Gasteiger partial charge < -0.3 is 4.42 Å². The molecule has 2 nitrogen and oxygen atoms in total. The minimum Gasteiger partial charge on any atom is -0.436 e. The molecule has 0 saturated carbocycles. The van der Waals surface area contributed by atoms with E-state index in [2.05, 4.69) is 33.0 Å². The Morgan fingerprint density at radius 2 is 1.55 bits per heavy atom. The average Bonchev–Trinajstić information content (AvgIpc) is 2.93. The quantitative estimate of drug-likeness (QED) is 0.468. The maximum absolute atomic E-state index is 5.90. The molecule has 0 atom stereocenters. The largest absolute Gasteiger partial charge is 0.436 e. The highest BCUT2D eigenvalue weighted by Crippen LogP contribution is 2.34. The van der Waals surface area contributed by atoms with Crippen LogP contribution in [0.1, 0.15) is 0 Å². The van der Waals surface area contributed by atoms with Gasteiger partial charge in [0.05, 0.1) is 0 Å². The molecule has 20 heavy (non-hydrogen) atoms. The molecule has 0 saturated heterocycles. The van der Waals surface area contributed by atoms with E-state index >= 15 is 0 Å². The molecule has 0 fully saturated rings. The van der Waals surface area contributed by atoms with Crippen molar-refractivity contribution < 1.29 is 4.42 Å². The van der Waals surface area contributed by atoms with E-state index in [1.807, 2.05) is 48.5 Å². The zero-order valence-electron chi connectivity index (χ0n) is 10.5. The van der Waals surface area contributed by atoms with Gasteiger partial charge in [-0.1, -0.05) is 58.4 Å². The van der Waals surface area contributed by atoms with Gasteiger partial charge in [0.1, 0.15) is 5.52 Å². The molecule has 1 aromatic heterocycles. The van der Waals surface area contributed by atoms with Crippen molar-refractivity contribution in [2.45, 2.75) is 0 Å². The summed E-state index contributed by atoms with van der Waals surface area (Å²) < 4.78 is 6.93. The Balaban J connectivity index is 2.07. The highest BCUT2D eigenvalue weighted by atomic mass is 79.9. The number of hydrogen-bond donors (Lipinski definition) is 0. The zero-order chi connectivity index (χ0) is 13.5. The molecule has 0 radical (unpaired) electrons. The van der Waals surface area contributed by atoms with E-state index in [0.717, 1.165) is 31.9 Å². The Morgan fingerprint density at radius 3 is 2.35 bits per heavy atom. The van der Waals surface area contributed by atoms with E-state index in [-0.39, 0.29) is 0 Å². The Labute approximate surface area is 124 Å². The second kappa shape index (κ2) is 4.46. The van der Waals surface area contributed by atoms with Gasteiger partial charge in [0, 0.05) is 15.4 Å². The SMILES string of the molecule is Brc1cc2oc(-c3ccccc3)nc2c2ccccc12. The van der Waals surface area contributed by atoms with Crippen molar-refractivity contribution in [3.63, 3.8) is 0 Å². The van der Waals surface area contributed by atoms with Crippen LogP contribution in [0, 0.1) is 0 Å². The van der Waals surface area contributed by atoms with Gasteiger partial charge in [0.2, 0.25) is 5.89 Å². The summed E-state index contributed by atoms with van der Waals surface area (Å²) in [6, 6.07) is 20.1. The minimum atomic E-state index is 0.656. The summed E-state index contributed by atoms with van der Waals surface area (Å²) in [6.45, 7) is 0. The number of benzene rings is 3. The third-order valence-electron chi connectivity index (χ3n) is 3.37. The van der Waals surface area contributed by atoms with Gasteiger partial charge in [-0.15, -0.1) is 0 Å². The molecule has 4 aromatic rings. The first kappa shape index (κ1) is 11.7. The maximum atomic E-state index is 5.90. The molecule has 0 N–H and O–H groups in total. The topological polar surface area (TPSA) is 26.0 Å². The first-order valence-corrected chi connectivity index (χ1v) is 7.15. The molecule has 0 aliphatic heterocycles. The van der Waals surface area contributed by atoms with Gasteiger partial charge in [0.25, 0.3) is 0 Å². The Bertz CT molecular complexity index is 912. The van der Waals surface area contributed by atoms with Gasteiger partial charge >= 0.3 is 0 Å². The van der Waals surface area contributed by atoms with Crippen LogP contribution in [0.15, 0.2) is 69.6 Å². The second-order valence-electron chi connectivity index (χ2n) is 4.64. The highest BCUT2D eigenvalue weighted by Gasteiger charge is 2.12. The van der Waals surface area contributed by atoms with E-state index < -0.39 is 0 Å². The molecular formula is C17H10BrNO. The van der Waals surface area contributed by atoms with E-state index in [4.69, 9.17) is 4.42 Å². The number of halogens is 1. The molecule has 0 aliphatic rings. The predicted molar refractivity (Wildman–Crippen MR) is 84.7 cm³/mol. The summed E-state index contributed by atoms with van der Waals surface area (Å²) in [5.74, 6) is 0.656. The van der Waals surface area contributed by atoms with Crippen LogP contribution in [0.2, 0.25) is 0 Å². The number of aromatic nitrogens is 1. The normalized spacial score (nSPS) is 11.2. The number of hydrogen-bond acceptors (Lipinski definition) is 2. The third-order valence-corrected chi connectivity index (χ3v) is 4.03. The van der Waals surface area contributed by atoms with Crippen LogP contribution >= 0.6 is 15.9 Å². The van der Waals surface area contributed by atoms with Crippen LogP contribution < -0.4 is 0 Å². The lowest BCUT2D eigenvalue weighted by molar-refractivity contribution is 0.620. The molecule has 0 aliphatic carbocycles. The molecule has 0 unspecified atom stereocenters. The maximum Gasteiger partial charge on any atom is 0.227 e. The van der Waals surface area contributed by atoms with Crippen LogP contribution in [-0.4, -0.2) is 4.98 Å². The lowest BCUT2D eigenvalue weighted by Crippen LogP contribution is -1.78. The van der Waals surface area contributed by atoms with Crippen LogP contribution in [-0.2, 0) is 0 Å². The molecule has 0 amide bonds. The average molecular weight is 324 g/mol. The van der Waals surface area contributed by atoms with Crippen LogP contribution in [0.4, 0.5) is 0 Å². The Morgan fingerprint density at radius 1 is 0.850 bits per heavy atom. The number of fused-ring (bicyclic) bond motifs is 3. The molecule has 3 aromatic carbocycles. The predicted octanol–water partition coefficient (Wildman–Crippen LogP) is 5.41. The zero-order valence-corrected chi connectivity index (χ0v) is 12.1. The summed E-state index contributed by atoms with van der Waals surface area (Å²) >= 11 is 3.60. The fourth-order valence-electron chi connectivity index (χ4n) is 2.42.